The van der Waals surface area contributed by atoms with E-state index >= 15 is 0 Å². The van der Waals surface area contributed by atoms with Crippen LogP contribution in [-0.2, 0) is 17.6 Å². The second-order valence-corrected chi connectivity index (χ2v) is 11.2. The van der Waals surface area contributed by atoms with Gasteiger partial charge in [-0.15, -0.1) is 0 Å². The van der Waals surface area contributed by atoms with Crippen molar-refractivity contribution in [3.8, 4) is 16.9 Å². The van der Waals surface area contributed by atoms with Gasteiger partial charge in [-0.2, -0.15) is 0 Å². The van der Waals surface area contributed by atoms with Crippen LogP contribution in [0.1, 0.15) is 67.3 Å². The Hall–Kier alpha value is -3.41. The molecule has 1 N–H and O–H groups in total. The Bertz CT molecular complexity index is 1320. The van der Waals surface area contributed by atoms with Crippen molar-refractivity contribution in [2.24, 2.45) is 5.41 Å². The van der Waals surface area contributed by atoms with Crippen molar-refractivity contribution in [1.82, 2.24) is 4.98 Å². The van der Waals surface area contributed by atoms with Gasteiger partial charge in [-0.1, -0.05) is 32.0 Å². The van der Waals surface area contributed by atoms with Crippen molar-refractivity contribution < 1.29 is 19.0 Å². The summed E-state index contributed by atoms with van der Waals surface area (Å²) < 4.78 is 19.7. The molecule has 2 aromatic carbocycles. The summed E-state index contributed by atoms with van der Waals surface area (Å²) in [6, 6.07) is 12.8. The number of hydrogen-bond donors (Lipinski definition) is 1. The molecule has 2 aliphatic heterocycles. The monoisotopic (exact) mass is 502 g/mol. The summed E-state index contributed by atoms with van der Waals surface area (Å²) in [7, 11) is 0. The Balaban J connectivity index is 1.54. The van der Waals surface area contributed by atoms with Crippen molar-refractivity contribution in [1.29, 1.82) is 0 Å². The van der Waals surface area contributed by atoms with Gasteiger partial charge < -0.3 is 14.7 Å². The maximum atomic E-state index is 13.4. The van der Waals surface area contributed by atoms with Crippen LogP contribution in [0, 0.1) is 25.1 Å². The Morgan fingerprint density at radius 1 is 1.11 bits per heavy atom. The second-order valence-electron chi connectivity index (χ2n) is 11.2. The Morgan fingerprint density at radius 3 is 2.49 bits per heavy atom. The number of carboxylic acid groups (broad SMARTS) is 1. The van der Waals surface area contributed by atoms with E-state index in [1.807, 2.05) is 19.9 Å². The molecule has 0 bridgehead atoms. The summed E-state index contributed by atoms with van der Waals surface area (Å²) in [4.78, 5) is 19.0. The first-order chi connectivity index (χ1) is 17.6. The molecule has 3 heterocycles. The van der Waals surface area contributed by atoms with Crippen molar-refractivity contribution in [2.75, 3.05) is 18.0 Å². The van der Waals surface area contributed by atoms with Crippen molar-refractivity contribution in [2.45, 2.75) is 65.9 Å². The number of rotatable bonds is 5. The standard InChI is InChI=1S/C31H35FN2O3/c1-19-25(18-28(35)36)30(34-15-13-31(3,4)14-16-34)29(20(2)33-19)23-8-12-27-22(17-23)7-11-26(37-27)21-5-9-24(32)10-6-21/h5-6,8-10,12,17,26H,7,11,13-16,18H2,1-4H3,(H,35,36). The third-order valence-electron chi connectivity index (χ3n) is 7.95. The lowest BCUT2D eigenvalue weighted by molar-refractivity contribution is -0.136. The van der Waals surface area contributed by atoms with Gasteiger partial charge >= 0.3 is 5.97 Å². The zero-order valence-corrected chi connectivity index (χ0v) is 22.1. The van der Waals surface area contributed by atoms with Crippen LogP contribution in [0.2, 0.25) is 0 Å². The molecule has 1 unspecified atom stereocenters. The van der Waals surface area contributed by atoms with Gasteiger partial charge in [0, 0.05) is 35.6 Å². The molecule has 0 saturated carbocycles. The molecule has 0 amide bonds. The molecule has 0 radical (unpaired) electrons. The van der Waals surface area contributed by atoms with Gasteiger partial charge in [0.25, 0.3) is 0 Å². The summed E-state index contributed by atoms with van der Waals surface area (Å²) in [5, 5.41) is 9.74. The minimum atomic E-state index is -0.844. The highest BCUT2D eigenvalue weighted by atomic mass is 19.1. The number of aliphatic carboxylic acids is 1. The fourth-order valence-electron chi connectivity index (χ4n) is 5.72. The van der Waals surface area contributed by atoms with Crippen molar-refractivity contribution >= 4 is 11.7 Å². The molecule has 194 valence electrons. The van der Waals surface area contributed by atoms with Crippen LogP contribution in [0.4, 0.5) is 10.1 Å². The second kappa shape index (κ2) is 9.81. The topological polar surface area (TPSA) is 62.7 Å². The molecule has 6 heteroatoms. The number of halogens is 1. The number of pyridine rings is 1. The number of anilines is 1. The molecule has 1 saturated heterocycles. The van der Waals surface area contributed by atoms with Crippen LogP contribution in [0.5, 0.6) is 5.75 Å². The maximum absolute atomic E-state index is 13.4. The molecule has 1 aromatic heterocycles. The number of hydrogen-bond acceptors (Lipinski definition) is 4. The summed E-state index contributed by atoms with van der Waals surface area (Å²) in [5.41, 5.74) is 7.96. The molecule has 5 rings (SSSR count). The smallest absolute Gasteiger partial charge is 0.307 e. The molecule has 5 nitrogen and oxygen atoms in total. The largest absolute Gasteiger partial charge is 0.485 e. The first kappa shape index (κ1) is 25.2. The van der Waals surface area contributed by atoms with E-state index in [1.165, 1.54) is 12.1 Å². The minimum absolute atomic E-state index is 0.0469. The van der Waals surface area contributed by atoms with Gasteiger partial charge in [-0.05, 0) is 85.9 Å². The number of carboxylic acids is 1. The van der Waals surface area contributed by atoms with Crippen molar-refractivity contribution in [3.05, 3.63) is 76.4 Å². The molecule has 3 aromatic rings. The molecule has 37 heavy (non-hydrogen) atoms. The lowest BCUT2D eigenvalue weighted by atomic mass is 9.82. The number of fused-ring (bicyclic) bond motifs is 1. The fraction of sp³-hybridized carbons (Fsp3) is 0.419. The number of nitrogens with zero attached hydrogens (tertiary/aromatic N) is 2. The Morgan fingerprint density at radius 2 is 1.81 bits per heavy atom. The van der Waals surface area contributed by atoms with Gasteiger partial charge in [0.1, 0.15) is 17.7 Å². The number of carbonyl (C=O) groups is 1. The van der Waals surface area contributed by atoms with Crippen LogP contribution >= 0.6 is 0 Å². The van der Waals surface area contributed by atoms with E-state index in [2.05, 4.69) is 30.9 Å². The predicted molar refractivity (Wildman–Crippen MR) is 144 cm³/mol. The number of aryl methyl sites for hydroxylation is 3. The Kier molecular flexibility index (Phi) is 6.69. The van der Waals surface area contributed by atoms with Gasteiger partial charge in [-0.3, -0.25) is 9.78 Å². The molecular weight excluding hydrogens is 467 g/mol. The molecule has 0 aliphatic carbocycles. The Labute approximate surface area is 218 Å². The minimum Gasteiger partial charge on any atom is -0.485 e. The summed E-state index contributed by atoms with van der Waals surface area (Å²) in [6.45, 7) is 10.3. The van der Waals surface area contributed by atoms with E-state index in [4.69, 9.17) is 9.72 Å². The SMILES string of the molecule is Cc1nc(C)c(-c2ccc3c(c2)CCC(c2ccc(F)cc2)O3)c(N2CCC(C)(C)CC2)c1CC(=O)O. The van der Waals surface area contributed by atoms with E-state index in [1.54, 1.807) is 12.1 Å². The lowest BCUT2D eigenvalue weighted by Gasteiger charge is -2.40. The highest BCUT2D eigenvalue weighted by Gasteiger charge is 2.31. The maximum Gasteiger partial charge on any atom is 0.307 e. The number of ether oxygens (including phenoxy) is 1. The fourth-order valence-corrected chi connectivity index (χ4v) is 5.72. The number of benzene rings is 2. The zero-order valence-electron chi connectivity index (χ0n) is 22.1. The third kappa shape index (κ3) is 5.20. The van der Waals surface area contributed by atoms with Gasteiger partial charge in [0.15, 0.2) is 0 Å². The summed E-state index contributed by atoms with van der Waals surface area (Å²) in [6.07, 6.45) is 3.62. The normalized spacial score (nSPS) is 18.7. The average molecular weight is 503 g/mol. The molecular formula is C31H35FN2O3. The first-order valence-corrected chi connectivity index (χ1v) is 13.1. The van der Waals surface area contributed by atoms with Crippen LogP contribution in [-0.4, -0.2) is 29.1 Å². The van der Waals surface area contributed by atoms with Gasteiger partial charge in [0.2, 0.25) is 0 Å². The molecule has 2 aliphatic rings. The molecule has 1 fully saturated rings. The van der Waals surface area contributed by atoms with Crippen molar-refractivity contribution in [3.63, 3.8) is 0 Å². The third-order valence-corrected chi connectivity index (χ3v) is 7.95. The van der Waals surface area contributed by atoms with Crippen LogP contribution in [0.25, 0.3) is 11.1 Å². The number of aromatic nitrogens is 1. The quantitative estimate of drug-likeness (QED) is 0.415. The van der Waals surface area contributed by atoms with Crippen LogP contribution in [0.3, 0.4) is 0 Å². The van der Waals surface area contributed by atoms with Crippen LogP contribution in [0.15, 0.2) is 42.5 Å². The lowest BCUT2D eigenvalue weighted by Crippen LogP contribution is -2.38. The summed E-state index contributed by atoms with van der Waals surface area (Å²) >= 11 is 0. The predicted octanol–water partition coefficient (Wildman–Crippen LogP) is 6.82. The van der Waals surface area contributed by atoms with E-state index < -0.39 is 5.97 Å². The van der Waals surface area contributed by atoms with E-state index in [9.17, 15) is 14.3 Å². The summed E-state index contributed by atoms with van der Waals surface area (Å²) in [5.74, 6) is -0.250. The zero-order chi connectivity index (χ0) is 26.3. The molecule has 0 spiro atoms. The first-order valence-electron chi connectivity index (χ1n) is 13.1. The van der Waals surface area contributed by atoms with Crippen LogP contribution < -0.4 is 9.64 Å². The average Bonchev–Trinajstić information content (AvgIpc) is 2.85. The van der Waals surface area contributed by atoms with E-state index in [0.29, 0.717) is 0 Å². The van der Waals surface area contributed by atoms with E-state index in [0.717, 1.165) is 89.4 Å². The highest BCUT2D eigenvalue weighted by Crippen LogP contribution is 2.44. The van der Waals surface area contributed by atoms with Gasteiger partial charge in [-0.25, -0.2) is 4.39 Å². The van der Waals surface area contributed by atoms with E-state index in [-0.39, 0.29) is 23.8 Å². The van der Waals surface area contributed by atoms with Gasteiger partial charge in [0.05, 0.1) is 12.1 Å². The number of piperidine rings is 1. The highest BCUT2D eigenvalue weighted by molar-refractivity contribution is 5.86. The molecule has 1 atom stereocenters.